The van der Waals surface area contributed by atoms with Crippen LogP contribution in [0.5, 0.6) is 0 Å². The van der Waals surface area contributed by atoms with Gasteiger partial charge < -0.3 is 5.11 Å². The van der Waals surface area contributed by atoms with Crippen LogP contribution in [0.4, 0.5) is 8.78 Å². The Hall–Kier alpha value is -0.960. The molecule has 1 aromatic carbocycles. The highest BCUT2D eigenvalue weighted by molar-refractivity contribution is 5.17. The second-order valence-electron chi connectivity index (χ2n) is 4.77. The van der Waals surface area contributed by atoms with Crippen LogP contribution >= 0.6 is 0 Å². The van der Waals surface area contributed by atoms with Gasteiger partial charge in [0.05, 0.1) is 5.60 Å². The van der Waals surface area contributed by atoms with Crippen molar-refractivity contribution in [2.24, 2.45) is 0 Å². The van der Waals surface area contributed by atoms with Crippen molar-refractivity contribution in [1.29, 1.82) is 0 Å². The van der Waals surface area contributed by atoms with Crippen molar-refractivity contribution in [1.82, 2.24) is 0 Å². The highest BCUT2D eigenvalue weighted by Crippen LogP contribution is 2.15. The molecular formula is C13H18F2O. The first-order valence-corrected chi connectivity index (χ1v) is 5.55. The van der Waals surface area contributed by atoms with Crippen LogP contribution in [0.2, 0.25) is 0 Å². The smallest absolute Gasteiger partial charge is 0.159 e. The molecule has 1 rings (SSSR count). The molecule has 0 saturated heterocycles. The summed E-state index contributed by atoms with van der Waals surface area (Å²) in [7, 11) is 0. The summed E-state index contributed by atoms with van der Waals surface area (Å²) in [5.41, 5.74) is 0.156. The second kappa shape index (κ2) is 5.39. The Morgan fingerprint density at radius 3 is 2.38 bits per heavy atom. The summed E-state index contributed by atoms with van der Waals surface area (Å²) in [6.07, 6.45) is 3.18. The van der Waals surface area contributed by atoms with E-state index in [4.69, 9.17) is 0 Å². The summed E-state index contributed by atoms with van der Waals surface area (Å²) in [5.74, 6) is -1.60. The predicted octanol–water partition coefficient (Wildman–Crippen LogP) is 3.45. The molecule has 0 aliphatic rings. The maximum atomic E-state index is 12.9. The largest absolute Gasteiger partial charge is 0.390 e. The van der Waals surface area contributed by atoms with E-state index in [1.54, 1.807) is 19.9 Å². The Morgan fingerprint density at radius 2 is 1.81 bits per heavy atom. The summed E-state index contributed by atoms with van der Waals surface area (Å²) in [4.78, 5) is 0. The topological polar surface area (TPSA) is 20.2 Å². The van der Waals surface area contributed by atoms with Crippen LogP contribution in [0.25, 0.3) is 0 Å². The lowest BCUT2D eigenvalue weighted by atomic mass is 9.99. The molecule has 0 atom stereocenters. The lowest BCUT2D eigenvalue weighted by molar-refractivity contribution is 0.0682. The van der Waals surface area contributed by atoms with Crippen LogP contribution < -0.4 is 0 Å². The zero-order valence-electron chi connectivity index (χ0n) is 9.76. The standard InChI is InChI=1S/C13H18F2O/c1-13(2,16)8-4-3-5-10-6-7-11(14)12(15)9-10/h6-7,9,16H,3-5,8H2,1-2H3. The number of aryl methyl sites for hydroxylation is 1. The molecule has 1 aromatic rings. The minimum absolute atomic E-state index is 0.645. The summed E-state index contributed by atoms with van der Waals surface area (Å²) < 4.78 is 25.5. The van der Waals surface area contributed by atoms with E-state index in [-0.39, 0.29) is 0 Å². The first kappa shape index (κ1) is 13.1. The van der Waals surface area contributed by atoms with Gasteiger partial charge in [-0.2, -0.15) is 0 Å². The van der Waals surface area contributed by atoms with E-state index in [0.29, 0.717) is 6.42 Å². The van der Waals surface area contributed by atoms with E-state index in [0.717, 1.165) is 30.9 Å². The third-order valence-corrected chi connectivity index (χ3v) is 2.49. The summed E-state index contributed by atoms with van der Waals surface area (Å²) in [6.45, 7) is 3.54. The monoisotopic (exact) mass is 228 g/mol. The lowest BCUT2D eigenvalue weighted by Crippen LogP contribution is -2.17. The summed E-state index contributed by atoms with van der Waals surface area (Å²) in [5, 5.41) is 9.49. The molecule has 0 spiro atoms. The Balaban J connectivity index is 2.35. The fraction of sp³-hybridized carbons (Fsp3) is 0.538. The fourth-order valence-electron chi connectivity index (χ4n) is 1.58. The van der Waals surface area contributed by atoms with Gasteiger partial charge in [-0.3, -0.25) is 0 Å². The average Bonchev–Trinajstić information content (AvgIpc) is 2.17. The third kappa shape index (κ3) is 4.71. The normalized spacial score (nSPS) is 11.8. The number of aliphatic hydroxyl groups is 1. The van der Waals surface area contributed by atoms with E-state index >= 15 is 0 Å². The molecule has 0 fully saturated rings. The molecule has 0 heterocycles. The quantitative estimate of drug-likeness (QED) is 0.765. The van der Waals surface area contributed by atoms with Gasteiger partial charge >= 0.3 is 0 Å². The Morgan fingerprint density at radius 1 is 1.12 bits per heavy atom. The van der Waals surface area contributed by atoms with Crippen LogP contribution in [-0.4, -0.2) is 10.7 Å². The van der Waals surface area contributed by atoms with Crippen molar-refractivity contribution in [3.05, 3.63) is 35.4 Å². The van der Waals surface area contributed by atoms with Crippen molar-refractivity contribution < 1.29 is 13.9 Å². The molecular weight excluding hydrogens is 210 g/mol. The number of hydrogen-bond acceptors (Lipinski definition) is 1. The minimum atomic E-state index is -0.805. The molecule has 0 aliphatic carbocycles. The first-order chi connectivity index (χ1) is 7.38. The molecule has 0 radical (unpaired) electrons. The van der Waals surface area contributed by atoms with Crippen LogP contribution in [0, 0.1) is 11.6 Å². The van der Waals surface area contributed by atoms with Crippen LogP contribution in [0.3, 0.4) is 0 Å². The van der Waals surface area contributed by atoms with Crippen molar-refractivity contribution in [3.8, 4) is 0 Å². The SMILES string of the molecule is CC(C)(O)CCCCc1ccc(F)c(F)c1. The molecule has 0 amide bonds. The first-order valence-electron chi connectivity index (χ1n) is 5.55. The number of hydrogen-bond donors (Lipinski definition) is 1. The minimum Gasteiger partial charge on any atom is -0.390 e. The van der Waals surface area contributed by atoms with Crippen molar-refractivity contribution >= 4 is 0 Å². The fourth-order valence-corrected chi connectivity index (χ4v) is 1.58. The average molecular weight is 228 g/mol. The molecule has 1 nitrogen and oxygen atoms in total. The van der Waals surface area contributed by atoms with Gasteiger partial charge in [0, 0.05) is 0 Å². The molecule has 3 heteroatoms. The molecule has 0 bridgehead atoms. The molecule has 0 aromatic heterocycles. The van der Waals surface area contributed by atoms with E-state index in [9.17, 15) is 13.9 Å². The van der Waals surface area contributed by atoms with Gasteiger partial charge in [-0.15, -0.1) is 0 Å². The molecule has 90 valence electrons. The van der Waals surface area contributed by atoms with Gasteiger partial charge in [0.25, 0.3) is 0 Å². The van der Waals surface area contributed by atoms with E-state index in [1.807, 2.05) is 0 Å². The Labute approximate surface area is 95.1 Å². The van der Waals surface area contributed by atoms with E-state index in [2.05, 4.69) is 0 Å². The van der Waals surface area contributed by atoms with Crippen molar-refractivity contribution in [2.45, 2.75) is 45.1 Å². The van der Waals surface area contributed by atoms with Crippen molar-refractivity contribution in [3.63, 3.8) is 0 Å². The summed E-state index contributed by atoms with van der Waals surface area (Å²) >= 11 is 0. The number of benzene rings is 1. The molecule has 16 heavy (non-hydrogen) atoms. The van der Waals surface area contributed by atoms with Crippen LogP contribution in [-0.2, 0) is 6.42 Å². The maximum absolute atomic E-state index is 12.9. The molecule has 0 saturated carbocycles. The zero-order chi connectivity index (χ0) is 12.2. The molecule has 1 N–H and O–H groups in total. The van der Waals surface area contributed by atoms with E-state index < -0.39 is 17.2 Å². The van der Waals surface area contributed by atoms with Gasteiger partial charge in [-0.25, -0.2) is 8.78 Å². The maximum Gasteiger partial charge on any atom is 0.159 e. The lowest BCUT2D eigenvalue weighted by Gasteiger charge is -2.16. The van der Waals surface area contributed by atoms with Gasteiger partial charge in [0.15, 0.2) is 11.6 Å². The Bertz CT molecular complexity index is 342. The van der Waals surface area contributed by atoms with Crippen LogP contribution in [0.1, 0.15) is 38.7 Å². The molecule has 0 unspecified atom stereocenters. The highest BCUT2D eigenvalue weighted by Gasteiger charge is 2.11. The van der Waals surface area contributed by atoms with Gasteiger partial charge in [0.1, 0.15) is 0 Å². The predicted molar refractivity (Wildman–Crippen MR) is 60.2 cm³/mol. The highest BCUT2D eigenvalue weighted by atomic mass is 19.2. The van der Waals surface area contributed by atoms with Gasteiger partial charge in [0.2, 0.25) is 0 Å². The second-order valence-corrected chi connectivity index (χ2v) is 4.77. The third-order valence-electron chi connectivity index (χ3n) is 2.49. The van der Waals surface area contributed by atoms with Gasteiger partial charge in [-0.05, 0) is 50.8 Å². The Kier molecular flexibility index (Phi) is 4.42. The number of rotatable bonds is 5. The zero-order valence-corrected chi connectivity index (χ0v) is 9.76. The van der Waals surface area contributed by atoms with Crippen molar-refractivity contribution in [2.75, 3.05) is 0 Å². The summed E-state index contributed by atoms with van der Waals surface area (Å²) in [6, 6.07) is 3.99. The number of halogens is 2. The van der Waals surface area contributed by atoms with E-state index in [1.165, 1.54) is 6.07 Å². The number of unbranched alkanes of at least 4 members (excludes halogenated alkanes) is 1. The molecule has 0 aliphatic heterocycles. The van der Waals surface area contributed by atoms with Gasteiger partial charge in [-0.1, -0.05) is 12.5 Å². The van der Waals surface area contributed by atoms with Crippen LogP contribution in [0.15, 0.2) is 18.2 Å².